The van der Waals surface area contributed by atoms with Gasteiger partial charge in [-0.05, 0) is 32.4 Å². The number of ether oxygens (including phenoxy) is 3. The van der Waals surface area contributed by atoms with E-state index in [1.165, 1.54) is 0 Å². The molecule has 1 amide bonds. The van der Waals surface area contributed by atoms with Crippen molar-refractivity contribution in [2.45, 2.75) is 45.1 Å². The van der Waals surface area contributed by atoms with Crippen molar-refractivity contribution in [1.82, 2.24) is 0 Å². The smallest absolute Gasteiger partial charge is 0.417 e. The summed E-state index contributed by atoms with van der Waals surface area (Å²) in [5.41, 5.74) is 0.940. The first-order chi connectivity index (χ1) is 9.93. The molecule has 1 aromatic carbocycles. The molecule has 0 aliphatic carbocycles. The highest BCUT2D eigenvalue weighted by molar-refractivity contribution is 5.91. The molecular weight excluding hydrogens is 270 g/mol. The van der Waals surface area contributed by atoms with Crippen LogP contribution in [-0.2, 0) is 20.6 Å². The molecule has 0 spiro atoms. The maximum atomic E-state index is 12.6. The van der Waals surface area contributed by atoms with Crippen LogP contribution in [0.15, 0.2) is 24.3 Å². The van der Waals surface area contributed by atoms with Crippen molar-refractivity contribution in [1.29, 1.82) is 0 Å². The van der Waals surface area contributed by atoms with Gasteiger partial charge in [0.25, 0.3) is 0 Å². The molecule has 1 aliphatic heterocycles. The maximum Gasteiger partial charge on any atom is 0.417 e. The van der Waals surface area contributed by atoms with E-state index < -0.39 is 11.8 Å². The van der Waals surface area contributed by atoms with Crippen molar-refractivity contribution in [2.24, 2.45) is 0 Å². The summed E-state index contributed by atoms with van der Waals surface area (Å²) in [6, 6.07) is 7.75. The zero-order valence-corrected chi connectivity index (χ0v) is 13.3. The van der Waals surface area contributed by atoms with Gasteiger partial charge < -0.3 is 14.2 Å². The Morgan fingerprint density at radius 3 is 2.57 bits per heavy atom. The van der Waals surface area contributed by atoms with Crippen molar-refractivity contribution in [3.63, 3.8) is 0 Å². The summed E-state index contributed by atoms with van der Waals surface area (Å²) in [5, 5.41) is 0. The standard InChI is InChI=1S/C16H23NO4/c1-11(2)21-15(18)17-13-9-7-6-8-12(13)10-14(19-4)16(17,3)20-5/h6-9,11,14H,10H2,1-5H3. The number of carbonyl (C=O) groups is 1. The lowest BCUT2D eigenvalue weighted by Gasteiger charge is -2.47. The molecule has 21 heavy (non-hydrogen) atoms. The van der Waals surface area contributed by atoms with Gasteiger partial charge in [0, 0.05) is 20.6 Å². The van der Waals surface area contributed by atoms with Gasteiger partial charge in [-0.3, -0.25) is 0 Å². The Morgan fingerprint density at radius 1 is 1.33 bits per heavy atom. The molecule has 0 saturated carbocycles. The second-order valence-electron chi connectivity index (χ2n) is 5.58. The largest absolute Gasteiger partial charge is 0.446 e. The van der Waals surface area contributed by atoms with Crippen molar-refractivity contribution in [3.05, 3.63) is 29.8 Å². The molecule has 0 aromatic heterocycles. The highest BCUT2D eigenvalue weighted by atomic mass is 16.6. The fourth-order valence-electron chi connectivity index (χ4n) is 2.73. The molecule has 5 nitrogen and oxygen atoms in total. The number of benzene rings is 1. The Hall–Kier alpha value is -1.59. The second kappa shape index (κ2) is 6.03. The van der Waals surface area contributed by atoms with Crippen LogP contribution in [0.5, 0.6) is 0 Å². The lowest BCUT2D eigenvalue weighted by atomic mass is 9.91. The van der Waals surface area contributed by atoms with Crippen LogP contribution in [0, 0.1) is 0 Å². The van der Waals surface area contributed by atoms with E-state index in [0.717, 1.165) is 11.3 Å². The molecule has 1 aliphatic rings. The summed E-state index contributed by atoms with van der Waals surface area (Å²) in [4.78, 5) is 14.1. The van der Waals surface area contributed by atoms with Gasteiger partial charge in [0.2, 0.25) is 0 Å². The number of fused-ring (bicyclic) bond motifs is 1. The van der Waals surface area contributed by atoms with Gasteiger partial charge in [-0.15, -0.1) is 0 Å². The Balaban J connectivity index is 2.51. The van der Waals surface area contributed by atoms with E-state index in [-0.39, 0.29) is 12.2 Å². The van der Waals surface area contributed by atoms with Crippen LogP contribution in [0.3, 0.4) is 0 Å². The predicted octanol–water partition coefficient (Wildman–Crippen LogP) is 2.97. The minimum Gasteiger partial charge on any atom is -0.446 e. The molecule has 0 radical (unpaired) electrons. The van der Waals surface area contributed by atoms with E-state index in [9.17, 15) is 4.79 Å². The zero-order valence-electron chi connectivity index (χ0n) is 13.3. The number of hydrogen-bond donors (Lipinski definition) is 0. The number of carbonyl (C=O) groups excluding carboxylic acids is 1. The summed E-state index contributed by atoms with van der Waals surface area (Å²) in [7, 11) is 3.21. The molecule has 2 atom stereocenters. The van der Waals surface area contributed by atoms with Crippen molar-refractivity contribution < 1.29 is 19.0 Å². The summed E-state index contributed by atoms with van der Waals surface area (Å²) in [5.74, 6) is 0. The maximum absolute atomic E-state index is 12.6. The zero-order chi connectivity index (χ0) is 15.6. The van der Waals surface area contributed by atoms with Crippen LogP contribution in [0.25, 0.3) is 0 Å². The van der Waals surface area contributed by atoms with E-state index in [1.54, 1.807) is 19.1 Å². The highest BCUT2D eigenvalue weighted by Gasteiger charge is 2.49. The second-order valence-corrected chi connectivity index (χ2v) is 5.58. The van der Waals surface area contributed by atoms with Crippen molar-refractivity contribution in [2.75, 3.05) is 19.1 Å². The third kappa shape index (κ3) is 2.76. The normalized spacial score (nSPS) is 24.9. The van der Waals surface area contributed by atoms with Gasteiger partial charge in [0.15, 0.2) is 5.72 Å². The molecule has 116 valence electrons. The number of nitrogens with zero attached hydrogens (tertiary/aromatic N) is 1. The average molecular weight is 293 g/mol. The molecule has 2 rings (SSSR count). The lowest BCUT2D eigenvalue weighted by Crippen LogP contribution is -2.62. The van der Waals surface area contributed by atoms with Crippen LogP contribution in [0.4, 0.5) is 10.5 Å². The molecule has 2 unspecified atom stereocenters. The van der Waals surface area contributed by atoms with Gasteiger partial charge in [-0.25, -0.2) is 9.69 Å². The first kappa shape index (κ1) is 15.8. The molecule has 0 fully saturated rings. The molecule has 0 bridgehead atoms. The number of hydrogen-bond acceptors (Lipinski definition) is 4. The molecule has 5 heteroatoms. The van der Waals surface area contributed by atoms with Crippen molar-refractivity contribution >= 4 is 11.8 Å². The quantitative estimate of drug-likeness (QED) is 0.859. The predicted molar refractivity (Wildman–Crippen MR) is 80.5 cm³/mol. The monoisotopic (exact) mass is 293 g/mol. The fraction of sp³-hybridized carbons (Fsp3) is 0.562. The highest BCUT2D eigenvalue weighted by Crippen LogP contribution is 2.39. The SMILES string of the molecule is COC1Cc2ccccc2N(C(=O)OC(C)C)C1(C)OC. The minimum absolute atomic E-state index is 0.200. The Morgan fingerprint density at radius 2 is 2.00 bits per heavy atom. The molecule has 0 saturated heterocycles. The third-order valence-electron chi connectivity index (χ3n) is 3.90. The number of amides is 1. The molecule has 1 heterocycles. The number of para-hydroxylation sites is 1. The van der Waals surface area contributed by atoms with Crippen LogP contribution in [0.1, 0.15) is 26.3 Å². The number of methoxy groups -OCH3 is 2. The van der Waals surface area contributed by atoms with Crippen LogP contribution >= 0.6 is 0 Å². The average Bonchev–Trinajstić information content (AvgIpc) is 2.45. The molecule has 1 aromatic rings. The van der Waals surface area contributed by atoms with Gasteiger partial charge in [0.1, 0.15) is 6.10 Å². The number of rotatable bonds is 3. The summed E-state index contributed by atoms with van der Waals surface area (Å²) < 4.78 is 16.6. The topological polar surface area (TPSA) is 48.0 Å². The van der Waals surface area contributed by atoms with Gasteiger partial charge in [0.05, 0.1) is 11.8 Å². The van der Waals surface area contributed by atoms with E-state index >= 15 is 0 Å². The fourth-order valence-corrected chi connectivity index (χ4v) is 2.73. The Kier molecular flexibility index (Phi) is 4.54. The van der Waals surface area contributed by atoms with Gasteiger partial charge >= 0.3 is 6.09 Å². The van der Waals surface area contributed by atoms with E-state index in [4.69, 9.17) is 14.2 Å². The first-order valence-corrected chi connectivity index (χ1v) is 7.10. The minimum atomic E-state index is -0.908. The number of anilines is 1. The Labute approximate surface area is 125 Å². The lowest BCUT2D eigenvalue weighted by molar-refractivity contribution is -0.109. The molecule has 0 N–H and O–H groups in total. The van der Waals surface area contributed by atoms with Crippen molar-refractivity contribution in [3.8, 4) is 0 Å². The van der Waals surface area contributed by atoms with Crippen LogP contribution < -0.4 is 4.90 Å². The van der Waals surface area contributed by atoms with Gasteiger partial charge in [-0.1, -0.05) is 18.2 Å². The van der Waals surface area contributed by atoms with Gasteiger partial charge in [-0.2, -0.15) is 0 Å². The Bertz CT molecular complexity index is 517. The van der Waals surface area contributed by atoms with E-state index in [1.807, 2.05) is 45.0 Å². The van der Waals surface area contributed by atoms with E-state index in [0.29, 0.717) is 6.42 Å². The molecular formula is C16H23NO4. The first-order valence-electron chi connectivity index (χ1n) is 7.10. The summed E-state index contributed by atoms with van der Waals surface area (Å²) in [6.07, 6.45) is -0.211. The summed E-state index contributed by atoms with van der Waals surface area (Å²) in [6.45, 7) is 5.50. The van der Waals surface area contributed by atoms with Crippen LogP contribution in [-0.4, -0.2) is 38.2 Å². The third-order valence-corrected chi connectivity index (χ3v) is 3.90. The van der Waals surface area contributed by atoms with E-state index in [2.05, 4.69) is 0 Å². The summed E-state index contributed by atoms with van der Waals surface area (Å²) >= 11 is 0. The van der Waals surface area contributed by atoms with Crippen LogP contribution in [0.2, 0.25) is 0 Å².